The van der Waals surface area contributed by atoms with E-state index in [9.17, 15) is 0 Å². The number of halogens is 1. The zero-order chi connectivity index (χ0) is 18.4. The van der Waals surface area contributed by atoms with Crippen LogP contribution in [0.2, 0.25) is 0 Å². The molecular formula is C21H36IN5. The third kappa shape index (κ3) is 7.23. The lowest BCUT2D eigenvalue weighted by Crippen LogP contribution is -2.42. The highest BCUT2D eigenvalue weighted by Crippen LogP contribution is 2.16. The van der Waals surface area contributed by atoms with E-state index in [1.54, 1.807) is 0 Å². The Bertz CT molecular complexity index is 581. The van der Waals surface area contributed by atoms with E-state index in [0.29, 0.717) is 12.5 Å². The lowest BCUT2D eigenvalue weighted by atomic mass is 10.00. The first-order chi connectivity index (χ1) is 12.6. The van der Waals surface area contributed by atoms with Crippen LogP contribution in [0.25, 0.3) is 0 Å². The fourth-order valence-electron chi connectivity index (χ4n) is 3.78. The molecule has 0 bridgehead atoms. The van der Waals surface area contributed by atoms with E-state index in [4.69, 9.17) is 5.73 Å². The van der Waals surface area contributed by atoms with E-state index < -0.39 is 0 Å². The van der Waals surface area contributed by atoms with Crippen LogP contribution in [0.3, 0.4) is 0 Å². The van der Waals surface area contributed by atoms with Gasteiger partial charge in [-0.3, -0.25) is 4.90 Å². The number of aliphatic imine (C=N–C) groups is 1. The molecule has 2 N–H and O–H groups in total. The Balaban J connectivity index is 0.00000261. The normalized spacial score (nSPS) is 21.0. The molecule has 0 amide bonds. The smallest absolute Gasteiger partial charge is 0.191 e. The van der Waals surface area contributed by atoms with Gasteiger partial charge in [-0.25, -0.2) is 4.99 Å². The van der Waals surface area contributed by atoms with Gasteiger partial charge in [-0.2, -0.15) is 0 Å². The molecule has 5 nitrogen and oxygen atoms in total. The topological polar surface area (TPSA) is 48.1 Å². The van der Waals surface area contributed by atoms with Crippen molar-refractivity contribution >= 4 is 29.9 Å². The van der Waals surface area contributed by atoms with Gasteiger partial charge in [-0.05, 0) is 56.4 Å². The van der Waals surface area contributed by atoms with Gasteiger partial charge in [0.2, 0.25) is 0 Å². The first-order valence-corrected chi connectivity index (χ1v) is 10.1. The molecule has 2 fully saturated rings. The van der Waals surface area contributed by atoms with Crippen molar-refractivity contribution in [2.24, 2.45) is 16.6 Å². The van der Waals surface area contributed by atoms with Gasteiger partial charge in [0.1, 0.15) is 0 Å². The van der Waals surface area contributed by atoms with Crippen molar-refractivity contribution in [3.8, 4) is 0 Å². The Kier molecular flexibility index (Phi) is 9.32. The van der Waals surface area contributed by atoms with E-state index in [1.165, 1.54) is 50.0 Å². The quantitative estimate of drug-likeness (QED) is 0.405. The highest BCUT2D eigenvalue weighted by Gasteiger charge is 2.17. The summed E-state index contributed by atoms with van der Waals surface area (Å²) in [6.45, 7) is 10.9. The van der Waals surface area contributed by atoms with Crippen LogP contribution in [0.1, 0.15) is 37.3 Å². The van der Waals surface area contributed by atoms with E-state index in [-0.39, 0.29) is 24.0 Å². The van der Waals surface area contributed by atoms with E-state index in [0.717, 1.165) is 32.1 Å². The molecule has 0 atom stereocenters. The van der Waals surface area contributed by atoms with Crippen LogP contribution < -0.4 is 5.73 Å². The van der Waals surface area contributed by atoms with E-state index in [1.807, 2.05) is 0 Å². The molecule has 2 aliphatic heterocycles. The third-order valence-corrected chi connectivity index (χ3v) is 5.77. The van der Waals surface area contributed by atoms with Crippen molar-refractivity contribution < 1.29 is 0 Å². The van der Waals surface area contributed by atoms with Crippen LogP contribution in [-0.2, 0) is 13.1 Å². The number of nitrogens with zero attached hydrogens (tertiary/aromatic N) is 4. The Hall–Kier alpha value is -0.860. The molecule has 152 valence electrons. The predicted octanol–water partition coefficient (Wildman–Crippen LogP) is 2.99. The second kappa shape index (κ2) is 11.2. The summed E-state index contributed by atoms with van der Waals surface area (Å²) in [4.78, 5) is 11.8. The fraction of sp³-hybridized carbons (Fsp3) is 0.667. The minimum Gasteiger partial charge on any atom is -0.370 e. The van der Waals surface area contributed by atoms with Gasteiger partial charge in [-0.15, -0.1) is 24.0 Å². The average Bonchev–Trinajstić information content (AvgIpc) is 2.86. The maximum Gasteiger partial charge on any atom is 0.191 e. The molecule has 6 heteroatoms. The standard InChI is InChI=1S/C21H35N5.HI/c1-18-8-12-26(13-9-18)21(22)23-16-19-4-6-20(7-5-19)17-25-11-3-10-24(2)14-15-25;/h4-7,18H,3,8-17H2,1-2H3,(H2,22,23);1H. The number of likely N-dealkylation sites (N-methyl/N-ethyl adjacent to an activating group) is 1. The fourth-order valence-corrected chi connectivity index (χ4v) is 3.78. The lowest BCUT2D eigenvalue weighted by molar-refractivity contribution is 0.269. The molecule has 0 aromatic heterocycles. The van der Waals surface area contributed by atoms with E-state index >= 15 is 0 Å². The van der Waals surface area contributed by atoms with Gasteiger partial charge < -0.3 is 15.5 Å². The second-order valence-corrected chi connectivity index (χ2v) is 8.09. The number of likely N-dealkylation sites (tertiary alicyclic amines) is 1. The maximum atomic E-state index is 6.19. The second-order valence-electron chi connectivity index (χ2n) is 8.09. The number of guanidine groups is 1. The first-order valence-electron chi connectivity index (χ1n) is 10.1. The van der Waals surface area contributed by atoms with Crippen LogP contribution in [0.15, 0.2) is 29.3 Å². The molecule has 2 saturated heterocycles. The summed E-state index contributed by atoms with van der Waals surface area (Å²) in [5.74, 6) is 1.52. The van der Waals surface area contributed by atoms with Gasteiger partial charge in [0.15, 0.2) is 5.96 Å². The highest BCUT2D eigenvalue weighted by molar-refractivity contribution is 14.0. The average molecular weight is 485 g/mol. The van der Waals surface area contributed by atoms with Crippen molar-refractivity contribution in [1.82, 2.24) is 14.7 Å². The Morgan fingerprint density at radius 1 is 1.00 bits per heavy atom. The number of piperidine rings is 1. The van der Waals surface area contributed by atoms with Gasteiger partial charge in [0, 0.05) is 32.7 Å². The number of rotatable bonds is 4. The first kappa shape index (κ1) is 22.4. The van der Waals surface area contributed by atoms with Crippen LogP contribution in [0, 0.1) is 5.92 Å². The maximum absolute atomic E-state index is 6.19. The number of hydrogen-bond donors (Lipinski definition) is 1. The predicted molar refractivity (Wildman–Crippen MR) is 125 cm³/mol. The largest absolute Gasteiger partial charge is 0.370 e. The molecule has 0 radical (unpaired) electrons. The summed E-state index contributed by atoms with van der Waals surface area (Å²) >= 11 is 0. The van der Waals surface area contributed by atoms with Crippen molar-refractivity contribution in [3.63, 3.8) is 0 Å². The SMILES string of the molecule is CC1CCN(C(N)=NCc2ccc(CN3CCCN(C)CC3)cc2)CC1.I. The summed E-state index contributed by atoms with van der Waals surface area (Å²) in [5.41, 5.74) is 8.81. The molecule has 1 aromatic carbocycles. The summed E-state index contributed by atoms with van der Waals surface area (Å²) in [6.07, 6.45) is 3.70. The van der Waals surface area contributed by atoms with Gasteiger partial charge in [0.25, 0.3) is 0 Å². The summed E-state index contributed by atoms with van der Waals surface area (Å²) in [5, 5.41) is 0. The summed E-state index contributed by atoms with van der Waals surface area (Å²) in [7, 11) is 2.22. The lowest BCUT2D eigenvalue weighted by Gasteiger charge is -2.31. The molecule has 27 heavy (non-hydrogen) atoms. The van der Waals surface area contributed by atoms with Gasteiger partial charge >= 0.3 is 0 Å². The molecule has 0 spiro atoms. The molecular weight excluding hydrogens is 449 g/mol. The number of nitrogens with two attached hydrogens (primary N) is 1. The monoisotopic (exact) mass is 485 g/mol. The highest BCUT2D eigenvalue weighted by atomic mass is 127. The zero-order valence-corrected chi connectivity index (χ0v) is 19.3. The Morgan fingerprint density at radius 3 is 2.37 bits per heavy atom. The van der Waals surface area contributed by atoms with Crippen LogP contribution in [0.4, 0.5) is 0 Å². The van der Waals surface area contributed by atoms with Crippen LogP contribution >= 0.6 is 24.0 Å². The molecule has 0 unspecified atom stereocenters. The van der Waals surface area contributed by atoms with Crippen molar-refractivity contribution in [2.45, 2.75) is 39.3 Å². The number of benzene rings is 1. The van der Waals surface area contributed by atoms with Gasteiger partial charge in [0.05, 0.1) is 6.54 Å². The van der Waals surface area contributed by atoms with Gasteiger partial charge in [-0.1, -0.05) is 31.2 Å². The molecule has 3 rings (SSSR count). The molecule has 0 aliphatic carbocycles. The summed E-state index contributed by atoms with van der Waals surface area (Å²) in [6, 6.07) is 8.90. The molecule has 2 aliphatic rings. The molecule has 1 aromatic rings. The Morgan fingerprint density at radius 2 is 1.67 bits per heavy atom. The molecule has 0 saturated carbocycles. The minimum atomic E-state index is 0. The minimum absolute atomic E-state index is 0. The molecule has 2 heterocycles. The Labute approximate surface area is 182 Å². The van der Waals surface area contributed by atoms with Crippen molar-refractivity contribution in [1.29, 1.82) is 0 Å². The third-order valence-electron chi connectivity index (χ3n) is 5.77. The zero-order valence-electron chi connectivity index (χ0n) is 16.9. The number of hydrogen-bond acceptors (Lipinski definition) is 3. The van der Waals surface area contributed by atoms with Crippen molar-refractivity contribution in [2.75, 3.05) is 46.3 Å². The van der Waals surface area contributed by atoms with Crippen LogP contribution in [0.5, 0.6) is 0 Å². The summed E-state index contributed by atoms with van der Waals surface area (Å²) < 4.78 is 0. The van der Waals surface area contributed by atoms with Crippen LogP contribution in [-0.4, -0.2) is 67.0 Å². The van der Waals surface area contributed by atoms with Crippen molar-refractivity contribution in [3.05, 3.63) is 35.4 Å². The van der Waals surface area contributed by atoms with E-state index in [2.05, 4.69) is 57.9 Å².